The Balaban J connectivity index is 2.64. The van der Waals surface area contributed by atoms with Crippen molar-refractivity contribution in [2.45, 2.75) is 38.8 Å². The molecule has 1 aromatic carbocycles. The highest BCUT2D eigenvalue weighted by Gasteiger charge is 2.24. The molecule has 0 heterocycles. The number of alkyl carbamates (subject to hydrolysis) is 1. The van der Waals surface area contributed by atoms with E-state index in [9.17, 15) is 14.0 Å². The van der Waals surface area contributed by atoms with Crippen LogP contribution in [0.1, 0.15) is 26.3 Å². The first-order valence-corrected chi connectivity index (χ1v) is 6.01. The molecule has 0 unspecified atom stereocenters. The lowest BCUT2D eigenvalue weighted by Crippen LogP contribution is -2.43. The van der Waals surface area contributed by atoms with Crippen molar-refractivity contribution < 1.29 is 18.7 Å². The second kappa shape index (κ2) is 6.31. The van der Waals surface area contributed by atoms with E-state index in [2.05, 4.69) is 5.32 Å². The van der Waals surface area contributed by atoms with Gasteiger partial charge in [-0.05, 0) is 26.3 Å². The molecule has 0 aliphatic heterocycles. The smallest absolute Gasteiger partial charge is 0.408 e. The summed E-state index contributed by atoms with van der Waals surface area (Å²) in [6.07, 6.45) is -0.713. The van der Waals surface area contributed by atoms with Gasteiger partial charge in [0, 0.05) is 6.42 Å². The predicted octanol–water partition coefficient (Wildman–Crippen LogP) is 2.62. The van der Waals surface area contributed by atoms with E-state index in [1.807, 2.05) is 6.07 Å². The van der Waals surface area contributed by atoms with Crippen molar-refractivity contribution in [3.05, 3.63) is 35.9 Å². The summed E-state index contributed by atoms with van der Waals surface area (Å²) < 4.78 is 17.9. The molecule has 0 bridgehead atoms. The number of ether oxygens (including phenoxy) is 1. The Labute approximate surface area is 112 Å². The van der Waals surface area contributed by atoms with Crippen LogP contribution < -0.4 is 5.32 Å². The highest BCUT2D eigenvalue weighted by Crippen LogP contribution is 2.09. The summed E-state index contributed by atoms with van der Waals surface area (Å²) in [6, 6.07) is 6.08. The Morgan fingerprint density at radius 3 is 2.32 bits per heavy atom. The summed E-state index contributed by atoms with van der Waals surface area (Å²) in [5, 5.41) is 2.24. The number of amides is 1. The highest BCUT2D eigenvalue weighted by molar-refractivity contribution is 5.80. The van der Waals surface area contributed by atoms with Gasteiger partial charge in [-0.3, -0.25) is 4.79 Å². The fourth-order valence-corrected chi connectivity index (χ4v) is 1.49. The molecule has 0 fully saturated rings. The van der Waals surface area contributed by atoms with Gasteiger partial charge < -0.3 is 10.1 Å². The first kappa shape index (κ1) is 15.1. The third-order valence-corrected chi connectivity index (χ3v) is 2.25. The summed E-state index contributed by atoms with van der Waals surface area (Å²) in [5.74, 6) is 0. The lowest BCUT2D eigenvalue weighted by Gasteiger charge is -2.21. The molecular weight excluding hydrogens is 249 g/mol. The van der Waals surface area contributed by atoms with Gasteiger partial charge in [0.15, 0.2) is 0 Å². The van der Waals surface area contributed by atoms with Crippen molar-refractivity contribution in [1.82, 2.24) is 5.32 Å². The number of rotatable bonds is 4. The Morgan fingerprint density at radius 1 is 1.26 bits per heavy atom. The molecule has 0 saturated carbocycles. The second-order valence-corrected chi connectivity index (χ2v) is 5.19. The van der Waals surface area contributed by atoms with Crippen LogP contribution in [-0.4, -0.2) is 23.8 Å². The normalized spacial score (nSPS) is 12.6. The third-order valence-electron chi connectivity index (χ3n) is 2.25. The van der Waals surface area contributed by atoms with Gasteiger partial charge in [-0.15, -0.1) is 0 Å². The number of hydrogen-bond acceptors (Lipinski definition) is 3. The maximum Gasteiger partial charge on any atom is 0.408 e. The van der Waals surface area contributed by atoms with Gasteiger partial charge in [-0.2, -0.15) is 4.39 Å². The number of carbonyl (C=O) groups excluding carboxylic acids is 2. The Morgan fingerprint density at radius 2 is 1.84 bits per heavy atom. The maximum absolute atomic E-state index is 12.9. The van der Waals surface area contributed by atoms with Crippen molar-refractivity contribution >= 4 is 12.1 Å². The van der Waals surface area contributed by atoms with E-state index in [1.54, 1.807) is 45.0 Å². The minimum atomic E-state index is -1.59. The van der Waals surface area contributed by atoms with E-state index in [0.717, 1.165) is 5.56 Å². The monoisotopic (exact) mass is 267 g/mol. The molecule has 1 amide bonds. The SMILES string of the molecule is CC(C)(C)OC(=O)N[C@H](Cc1ccccc1)C(=O)F. The van der Waals surface area contributed by atoms with E-state index in [4.69, 9.17) is 4.74 Å². The highest BCUT2D eigenvalue weighted by atomic mass is 19.1. The van der Waals surface area contributed by atoms with Crippen molar-refractivity contribution in [1.29, 1.82) is 0 Å². The molecule has 1 aromatic rings. The van der Waals surface area contributed by atoms with Crippen LogP contribution in [0.3, 0.4) is 0 Å². The van der Waals surface area contributed by atoms with Crippen LogP contribution in [-0.2, 0) is 16.0 Å². The van der Waals surface area contributed by atoms with Crippen LogP contribution in [0.4, 0.5) is 9.18 Å². The molecule has 0 spiro atoms. The molecule has 4 nitrogen and oxygen atoms in total. The van der Waals surface area contributed by atoms with Gasteiger partial charge in [-0.25, -0.2) is 4.79 Å². The molecule has 104 valence electrons. The van der Waals surface area contributed by atoms with E-state index >= 15 is 0 Å². The van der Waals surface area contributed by atoms with Gasteiger partial charge >= 0.3 is 12.1 Å². The first-order chi connectivity index (χ1) is 8.78. The standard InChI is InChI=1S/C14H18FNO3/c1-14(2,3)19-13(18)16-11(12(15)17)9-10-7-5-4-6-8-10/h4-8,11H,9H2,1-3H3,(H,16,18)/t11-/m1/s1. The third kappa shape index (κ3) is 5.99. The van der Waals surface area contributed by atoms with E-state index in [-0.39, 0.29) is 6.42 Å². The summed E-state index contributed by atoms with van der Waals surface area (Å²) in [7, 11) is 0. The first-order valence-electron chi connectivity index (χ1n) is 6.01. The van der Waals surface area contributed by atoms with Gasteiger partial charge in [0.2, 0.25) is 0 Å². The second-order valence-electron chi connectivity index (χ2n) is 5.19. The minimum Gasteiger partial charge on any atom is -0.444 e. The summed E-state index contributed by atoms with van der Waals surface area (Å²) in [4.78, 5) is 22.4. The van der Waals surface area contributed by atoms with Crippen LogP contribution in [0.2, 0.25) is 0 Å². The number of halogens is 1. The van der Waals surface area contributed by atoms with Gasteiger partial charge in [0.1, 0.15) is 11.6 Å². The van der Waals surface area contributed by atoms with Crippen LogP contribution in [0.5, 0.6) is 0 Å². The quantitative estimate of drug-likeness (QED) is 0.853. The van der Waals surface area contributed by atoms with Crippen molar-refractivity contribution in [2.75, 3.05) is 0 Å². The van der Waals surface area contributed by atoms with E-state index in [0.29, 0.717) is 0 Å². The van der Waals surface area contributed by atoms with Crippen molar-refractivity contribution in [3.63, 3.8) is 0 Å². The topological polar surface area (TPSA) is 55.4 Å². The molecule has 0 radical (unpaired) electrons. The molecule has 1 atom stereocenters. The average Bonchev–Trinajstić information content (AvgIpc) is 2.26. The summed E-state index contributed by atoms with van der Waals surface area (Å²) in [5.41, 5.74) is 0.0651. The zero-order valence-corrected chi connectivity index (χ0v) is 11.3. The molecular formula is C14H18FNO3. The maximum atomic E-state index is 12.9. The zero-order valence-electron chi connectivity index (χ0n) is 11.3. The fourth-order valence-electron chi connectivity index (χ4n) is 1.49. The van der Waals surface area contributed by atoms with Crippen molar-refractivity contribution in [2.24, 2.45) is 0 Å². The zero-order chi connectivity index (χ0) is 14.5. The molecule has 0 aliphatic carbocycles. The van der Waals surface area contributed by atoms with E-state index in [1.165, 1.54) is 0 Å². The lowest BCUT2D eigenvalue weighted by atomic mass is 10.1. The molecule has 19 heavy (non-hydrogen) atoms. The van der Waals surface area contributed by atoms with Crippen LogP contribution >= 0.6 is 0 Å². The Kier molecular flexibility index (Phi) is 5.03. The predicted molar refractivity (Wildman–Crippen MR) is 69.4 cm³/mol. The molecule has 0 aromatic heterocycles. The summed E-state index contributed by atoms with van der Waals surface area (Å²) >= 11 is 0. The average molecular weight is 267 g/mol. The molecule has 5 heteroatoms. The van der Waals surface area contributed by atoms with Gasteiger partial charge in [-0.1, -0.05) is 30.3 Å². The number of nitrogens with one attached hydrogen (secondary N) is 1. The van der Waals surface area contributed by atoms with Crippen LogP contribution in [0.15, 0.2) is 30.3 Å². The molecule has 1 N–H and O–H groups in total. The molecule has 0 saturated heterocycles. The minimum absolute atomic E-state index is 0.0927. The number of hydrogen-bond donors (Lipinski definition) is 1. The lowest BCUT2D eigenvalue weighted by molar-refractivity contribution is -0.131. The number of benzene rings is 1. The van der Waals surface area contributed by atoms with Gasteiger partial charge in [0.05, 0.1) is 0 Å². The summed E-state index contributed by atoms with van der Waals surface area (Å²) in [6.45, 7) is 5.07. The Hall–Kier alpha value is -1.91. The van der Waals surface area contributed by atoms with Crippen LogP contribution in [0, 0.1) is 0 Å². The Bertz CT molecular complexity index is 440. The molecule has 0 aliphatic rings. The van der Waals surface area contributed by atoms with E-state index < -0.39 is 23.8 Å². The molecule has 1 rings (SSSR count). The van der Waals surface area contributed by atoms with Gasteiger partial charge in [0.25, 0.3) is 0 Å². The number of carbonyl (C=O) groups is 2. The van der Waals surface area contributed by atoms with Crippen molar-refractivity contribution in [3.8, 4) is 0 Å². The fraction of sp³-hybridized carbons (Fsp3) is 0.429. The van der Waals surface area contributed by atoms with Crippen LogP contribution in [0.25, 0.3) is 0 Å². The largest absolute Gasteiger partial charge is 0.444 e.